The van der Waals surface area contributed by atoms with Gasteiger partial charge in [0.1, 0.15) is 0 Å². The second-order valence-corrected chi connectivity index (χ2v) is 10.3. The monoisotopic (exact) mass is 479 g/mol. The Morgan fingerprint density at radius 2 is 1.31 bits per heavy atom. The molecule has 2 aromatic rings. The Morgan fingerprint density at radius 1 is 0.743 bits per heavy atom. The SMILES string of the molecule is CCCCCCCCCCNC(CNC(=O)Nc1c(C(C)C)cccc1C(C)C)c1ccccc1. The molecule has 4 nitrogen and oxygen atoms in total. The molecular formula is C31H49N3O. The Balaban J connectivity index is 1.90. The zero-order chi connectivity index (χ0) is 25.5. The minimum atomic E-state index is -0.144. The number of para-hydroxylation sites is 1. The molecule has 35 heavy (non-hydrogen) atoms. The van der Waals surface area contributed by atoms with E-state index >= 15 is 0 Å². The molecule has 0 spiro atoms. The van der Waals surface area contributed by atoms with Gasteiger partial charge in [-0.15, -0.1) is 0 Å². The van der Waals surface area contributed by atoms with Crippen LogP contribution in [0, 0.1) is 0 Å². The Morgan fingerprint density at radius 3 is 1.89 bits per heavy atom. The van der Waals surface area contributed by atoms with Crippen LogP contribution in [0.2, 0.25) is 0 Å². The second kappa shape index (κ2) is 16.4. The largest absolute Gasteiger partial charge is 0.336 e. The number of hydrogen-bond donors (Lipinski definition) is 3. The lowest BCUT2D eigenvalue weighted by molar-refractivity contribution is 0.250. The van der Waals surface area contributed by atoms with Gasteiger partial charge in [0.15, 0.2) is 0 Å². The van der Waals surface area contributed by atoms with Crippen LogP contribution in [0.3, 0.4) is 0 Å². The van der Waals surface area contributed by atoms with Crippen molar-refractivity contribution in [3.8, 4) is 0 Å². The van der Waals surface area contributed by atoms with Crippen LogP contribution >= 0.6 is 0 Å². The summed E-state index contributed by atoms with van der Waals surface area (Å²) in [5.74, 6) is 0.684. The first-order chi connectivity index (χ1) is 16.9. The molecule has 4 heteroatoms. The highest BCUT2D eigenvalue weighted by atomic mass is 16.2. The lowest BCUT2D eigenvalue weighted by atomic mass is 9.93. The van der Waals surface area contributed by atoms with E-state index in [1.54, 1.807) is 0 Å². The van der Waals surface area contributed by atoms with Gasteiger partial charge in [-0.2, -0.15) is 0 Å². The van der Waals surface area contributed by atoms with Gasteiger partial charge in [0.05, 0.1) is 0 Å². The van der Waals surface area contributed by atoms with E-state index in [1.807, 2.05) is 6.07 Å². The van der Waals surface area contributed by atoms with E-state index in [4.69, 9.17) is 0 Å². The maximum Gasteiger partial charge on any atom is 0.319 e. The van der Waals surface area contributed by atoms with E-state index in [9.17, 15) is 4.79 Å². The molecule has 2 rings (SSSR count). The van der Waals surface area contributed by atoms with Crippen molar-refractivity contribution in [2.45, 2.75) is 104 Å². The van der Waals surface area contributed by atoms with Gasteiger partial charge in [0, 0.05) is 18.3 Å². The number of carbonyl (C=O) groups excluding carboxylic acids is 1. The lowest BCUT2D eigenvalue weighted by Crippen LogP contribution is -2.38. The number of anilines is 1. The van der Waals surface area contributed by atoms with Crippen molar-refractivity contribution in [2.75, 3.05) is 18.4 Å². The van der Waals surface area contributed by atoms with Gasteiger partial charge < -0.3 is 16.0 Å². The van der Waals surface area contributed by atoms with Gasteiger partial charge in [0.25, 0.3) is 0 Å². The molecule has 3 N–H and O–H groups in total. The van der Waals surface area contributed by atoms with Crippen LogP contribution in [-0.4, -0.2) is 19.1 Å². The maximum atomic E-state index is 13.0. The van der Waals surface area contributed by atoms with Crippen molar-refractivity contribution in [1.29, 1.82) is 0 Å². The van der Waals surface area contributed by atoms with Crippen molar-refractivity contribution in [1.82, 2.24) is 10.6 Å². The molecule has 2 aromatic carbocycles. The quantitative estimate of drug-likeness (QED) is 0.211. The Labute approximate surface area is 214 Å². The molecule has 194 valence electrons. The van der Waals surface area contributed by atoms with Crippen LogP contribution in [0.15, 0.2) is 48.5 Å². The Kier molecular flexibility index (Phi) is 13.5. The standard InChI is InChI=1S/C31H49N3O/c1-6-7-8-9-10-11-12-16-22-32-29(26-18-14-13-15-19-26)23-33-31(35)34-30-27(24(2)3)20-17-21-28(30)25(4)5/h13-15,17-21,24-25,29,32H,6-12,16,22-23H2,1-5H3,(H2,33,34,35). The van der Waals surface area contributed by atoms with Crippen LogP contribution in [0.1, 0.15) is 121 Å². The summed E-state index contributed by atoms with van der Waals surface area (Å²) in [4.78, 5) is 13.0. The maximum absolute atomic E-state index is 13.0. The molecule has 0 fully saturated rings. The van der Waals surface area contributed by atoms with Crippen LogP contribution in [0.4, 0.5) is 10.5 Å². The average molecular weight is 480 g/mol. The summed E-state index contributed by atoms with van der Waals surface area (Å²) in [6.45, 7) is 12.5. The first-order valence-corrected chi connectivity index (χ1v) is 13.9. The first kappa shape index (κ1) is 28.9. The predicted molar refractivity (Wildman–Crippen MR) is 151 cm³/mol. The number of nitrogens with one attached hydrogen (secondary N) is 3. The molecule has 0 aliphatic rings. The van der Waals surface area contributed by atoms with E-state index in [0.717, 1.165) is 12.2 Å². The molecular weight excluding hydrogens is 430 g/mol. The van der Waals surface area contributed by atoms with Crippen molar-refractivity contribution in [3.05, 3.63) is 65.2 Å². The van der Waals surface area contributed by atoms with Crippen LogP contribution in [0.5, 0.6) is 0 Å². The summed E-state index contributed by atoms with van der Waals surface area (Å²) in [7, 11) is 0. The third-order valence-electron chi connectivity index (χ3n) is 6.70. The van der Waals surface area contributed by atoms with Gasteiger partial charge in [-0.3, -0.25) is 0 Å². The van der Waals surface area contributed by atoms with Crippen LogP contribution in [-0.2, 0) is 0 Å². The highest BCUT2D eigenvalue weighted by Crippen LogP contribution is 2.32. The number of hydrogen-bond acceptors (Lipinski definition) is 2. The average Bonchev–Trinajstić information content (AvgIpc) is 2.85. The minimum absolute atomic E-state index is 0.0939. The molecule has 1 unspecified atom stereocenters. The molecule has 0 saturated heterocycles. The zero-order valence-corrected chi connectivity index (χ0v) is 22.8. The summed E-state index contributed by atoms with van der Waals surface area (Å²) in [6, 6.07) is 16.7. The topological polar surface area (TPSA) is 53.2 Å². The fourth-order valence-corrected chi connectivity index (χ4v) is 4.58. The molecule has 0 radical (unpaired) electrons. The third-order valence-corrected chi connectivity index (χ3v) is 6.70. The first-order valence-electron chi connectivity index (χ1n) is 13.9. The molecule has 0 saturated carbocycles. The van der Waals surface area contributed by atoms with Gasteiger partial charge in [-0.05, 0) is 41.5 Å². The summed E-state index contributed by atoms with van der Waals surface area (Å²) < 4.78 is 0. The second-order valence-electron chi connectivity index (χ2n) is 10.3. The number of benzene rings is 2. The zero-order valence-electron chi connectivity index (χ0n) is 22.8. The third kappa shape index (κ3) is 10.4. The number of rotatable bonds is 16. The van der Waals surface area contributed by atoms with Gasteiger partial charge in [-0.25, -0.2) is 4.79 Å². The fourth-order valence-electron chi connectivity index (χ4n) is 4.58. The summed E-state index contributed by atoms with van der Waals surface area (Å²) in [5.41, 5.74) is 4.52. The number of carbonyl (C=O) groups is 1. The molecule has 1 atom stereocenters. The number of urea groups is 1. The molecule has 0 bridgehead atoms. The number of amides is 2. The van der Waals surface area contributed by atoms with E-state index in [2.05, 4.69) is 93.0 Å². The van der Waals surface area contributed by atoms with Crippen molar-refractivity contribution >= 4 is 11.7 Å². The molecule has 0 aliphatic heterocycles. The molecule has 2 amide bonds. The smallest absolute Gasteiger partial charge is 0.319 e. The normalized spacial score (nSPS) is 12.2. The van der Waals surface area contributed by atoms with Gasteiger partial charge >= 0.3 is 6.03 Å². The van der Waals surface area contributed by atoms with E-state index in [1.165, 1.54) is 68.1 Å². The van der Waals surface area contributed by atoms with Gasteiger partial charge in [0.2, 0.25) is 0 Å². The summed E-state index contributed by atoms with van der Waals surface area (Å²) >= 11 is 0. The fraction of sp³-hybridized carbons (Fsp3) is 0.581. The molecule has 0 aromatic heterocycles. The number of unbranched alkanes of at least 4 members (excludes halogenated alkanes) is 7. The molecule has 0 aliphatic carbocycles. The van der Waals surface area contributed by atoms with Crippen LogP contribution < -0.4 is 16.0 Å². The van der Waals surface area contributed by atoms with Crippen molar-refractivity contribution < 1.29 is 4.79 Å². The van der Waals surface area contributed by atoms with E-state index in [-0.39, 0.29) is 12.1 Å². The Bertz CT molecular complexity index is 821. The lowest BCUT2D eigenvalue weighted by Gasteiger charge is -2.22. The highest BCUT2D eigenvalue weighted by molar-refractivity contribution is 5.91. The highest BCUT2D eigenvalue weighted by Gasteiger charge is 2.17. The molecule has 0 heterocycles. The predicted octanol–water partition coefficient (Wildman–Crippen LogP) is 8.53. The van der Waals surface area contributed by atoms with Crippen LogP contribution in [0.25, 0.3) is 0 Å². The van der Waals surface area contributed by atoms with E-state index < -0.39 is 0 Å². The van der Waals surface area contributed by atoms with Crippen molar-refractivity contribution in [3.63, 3.8) is 0 Å². The van der Waals surface area contributed by atoms with Gasteiger partial charge in [-0.1, -0.05) is 128 Å². The van der Waals surface area contributed by atoms with E-state index in [0.29, 0.717) is 18.4 Å². The van der Waals surface area contributed by atoms with Crippen molar-refractivity contribution in [2.24, 2.45) is 0 Å². The summed E-state index contributed by atoms with van der Waals surface area (Å²) in [6.07, 6.45) is 10.5. The minimum Gasteiger partial charge on any atom is -0.336 e. The summed E-state index contributed by atoms with van der Waals surface area (Å²) in [5, 5.41) is 9.99. The Hall–Kier alpha value is -2.33.